The van der Waals surface area contributed by atoms with Crippen molar-refractivity contribution in [2.45, 2.75) is 94.4 Å². The van der Waals surface area contributed by atoms with Crippen LogP contribution in [0.25, 0.3) is 11.6 Å². The minimum Gasteiger partial charge on any atom is -0.0961 e. The first-order valence-electron chi connectivity index (χ1n) is 13.1. The first-order chi connectivity index (χ1) is 16.3. The standard InChI is InChI=1S/C20H22.C8H14.C4H10.C2H6/c1-4-8-18-10-7-11-19(15-18)14-13-17(3)20-12-6-5-9-16(20)2;1-5-8(4)6-7(2)3;1-3-4-2;1-2/h5-7,9-15H,3-4,8H2,1-2H3;6H,2,5H2,1,3-4H3;3-4H2,1-2H3;1-2H3/b14-13+;8-6-;;. The molecule has 2 aromatic carbocycles. The average molecular weight is 461 g/mol. The topological polar surface area (TPSA) is 0 Å². The van der Waals surface area contributed by atoms with Gasteiger partial charge < -0.3 is 0 Å². The van der Waals surface area contributed by atoms with E-state index in [2.05, 4.69) is 121 Å². The molecule has 0 unspecified atom stereocenters. The molecule has 0 heteroatoms. The van der Waals surface area contributed by atoms with E-state index < -0.39 is 0 Å². The molecule has 0 N–H and O–H groups in total. The monoisotopic (exact) mass is 460 g/mol. The quantitative estimate of drug-likeness (QED) is 0.343. The van der Waals surface area contributed by atoms with Gasteiger partial charge in [0.25, 0.3) is 0 Å². The van der Waals surface area contributed by atoms with Gasteiger partial charge in [-0.1, -0.05) is 152 Å². The first kappa shape index (κ1) is 33.6. The molecular formula is C34H52. The summed E-state index contributed by atoms with van der Waals surface area (Å²) in [6.45, 7) is 26.9. The number of aryl methyl sites for hydroxylation is 2. The van der Waals surface area contributed by atoms with E-state index in [1.54, 1.807) is 0 Å². The maximum Gasteiger partial charge on any atom is -0.0161 e. The van der Waals surface area contributed by atoms with Gasteiger partial charge in [-0.15, -0.1) is 0 Å². The molecule has 0 aliphatic rings. The van der Waals surface area contributed by atoms with Crippen LogP contribution in [0.2, 0.25) is 0 Å². The predicted octanol–water partition coefficient (Wildman–Crippen LogP) is 11.4. The van der Waals surface area contributed by atoms with E-state index in [1.807, 2.05) is 20.8 Å². The van der Waals surface area contributed by atoms with E-state index in [4.69, 9.17) is 0 Å². The van der Waals surface area contributed by atoms with E-state index in [9.17, 15) is 0 Å². The molecule has 0 nitrogen and oxygen atoms in total. The lowest BCUT2D eigenvalue weighted by Gasteiger charge is -2.05. The molecule has 0 aliphatic carbocycles. The summed E-state index contributed by atoms with van der Waals surface area (Å²) in [5.41, 5.74) is 8.73. The Bertz CT molecular complexity index is 859. The molecule has 0 spiro atoms. The van der Waals surface area contributed by atoms with Gasteiger partial charge in [-0.2, -0.15) is 0 Å². The Kier molecular flexibility index (Phi) is 21.9. The molecule has 0 aromatic heterocycles. The third-order valence-corrected chi connectivity index (χ3v) is 5.01. The smallest absolute Gasteiger partial charge is 0.0161 e. The Morgan fingerprint density at radius 2 is 1.44 bits per heavy atom. The highest BCUT2D eigenvalue weighted by Crippen LogP contribution is 2.19. The summed E-state index contributed by atoms with van der Waals surface area (Å²) in [5, 5.41) is 0. The van der Waals surface area contributed by atoms with Crippen molar-refractivity contribution in [3.8, 4) is 0 Å². The van der Waals surface area contributed by atoms with Crippen molar-refractivity contribution in [3.63, 3.8) is 0 Å². The van der Waals surface area contributed by atoms with Crippen LogP contribution < -0.4 is 0 Å². The van der Waals surface area contributed by atoms with Crippen LogP contribution in [0.15, 0.2) is 85.0 Å². The lowest BCUT2D eigenvalue weighted by atomic mass is 10.0. The summed E-state index contributed by atoms with van der Waals surface area (Å²) in [7, 11) is 0. The van der Waals surface area contributed by atoms with Crippen LogP contribution in [0.5, 0.6) is 0 Å². The van der Waals surface area contributed by atoms with Crippen LogP contribution in [-0.2, 0) is 6.42 Å². The largest absolute Gasteiger partial charge is 0.0961 e. The van der Waals surface area contributed by atoms with E-state index in [0.29, 0.717) is 0 Å². The molecule has 0 bridgehead atoms. The summed E-state index contributed by atoms with van der Waals surface area (Å²) < 4.78 is 0. The van der Waals surface area contributed by atoms with Crippen molar-refractivity contribution in [2.75, 3.05) is 0 Å². The Labute approximate surface area is 213 Å². The predicted molar refractivity (Wildman–Crippen MR) is 160 cm³/mol. The second-order valence-corrected chi connectivity index (χ2v) is 8.36. The van der Waals surface area contributed by atoms with E-state index in [-0.39, 0.29) is 0 Å². The fourth-order valence-corrected chi connectivity index (χ4v) is 2.88. The molecule has 0 atom stereocenters. The highest BCUT2D eigenvalue weighted by atomic mass is 14.0. The van der Waals surface area contributed by atoms with Crippen LogP contribution in [0.1, 0.15) is 103 Å². The minimum atomic E-state index is 1.06. The normalized spacial score (nSPS) is 10.2. The number of allylic oxidation sites excluding steroid dienone is 5. The Hall–Kier alpha value is -2.60. The van der Waals surface area contributed by atoms with Crippen LogP contribution >= 0.6 is 0 Å². The number of hydrogen-bond donors (Lipinski definition) is 0. The molecule has 188 valence electrons. The number of hydrogen-bond acceptors (Lipinski definition) is 0. The third-order valence-electron chi connectivity index (χ3n) is 5.01. The van der Waals surface area contributed by atoms with Gasteiger partial charge >= 0.3 is 0 Å². The number of benzene rings is 2. The maximum absolute atomic E-state index is 4.17. The first-order valence-corrected chi connectivity index (χ1v) is 13.1. The second kappa shape index (κ2) is 22.2. The minimum absolute atomic E-state index is 1.06. The van der Waals surface area contributed by atoms with Gasteiger partial charge in [0, 0.05) is 0 Å². The highest BCUT2D eigenvalue weighted by Gasteiger charge is 1.98. The lowest BCUT2D eigenvalue weighted by molar-refractivity contribution is 0.886. The van der Waals surface area contributed by atoms with Crippen LogP contribution in [-0.4, -0.2) is 0 Å². The molecule has 0 amide bonds. The van der Waals surface area contributed by atoms with Crippen molar-refractivity contribution >= 4 is 11.6 Å². The van der Waals surface area contributed by atoms with Crippen LogP contribution in [0.3, 0.4) is 0 Å². The Morgan fingerprint density at radius 1 is 0.824 bits per heavy atom. The van der Waals surface area contributed by atoms with Crippen molar-refractivity contribution in [1.29, 1.82) is 0 Å². The van der Waals surface area contributed by atoms with E-state index >= 15 is 0 Å². The molecule has 2 aromatic rings. The molecule has 0 saturated carbocycles. The molecular weight excluding hydrogens is 408 g/mol. The van der Waals surface area contributed by atoms with Gasteiger partial charge in [0.2, 0.25) is 0 Å². The van der Waals surface area contributed by atoms with Crippen molar-refractivity contribution < 1.29 is 0 Å². The summed E-state index contributed by atoms with van der Waals surface area (Å²) >= 11 is 0. The van der Waals surface area contributed by atoms with Gasteiger partial charge in [0.15, 0.2) is 0 Å². The van der Waals surface area contributed by atoms with Gasteiger partial charge in [-0.05, 0) is 61.4 Å². The van der Waals surface area contributed by atoms with Crippen molar-refractivity contribution in [2.24, 2.45) is 0 Å². The van der Waals surface area contributed by atoms with Crippen LogP contribution in [0, 0.1) is 6.92 Å². The molecule has 0 radical (unpaired) electrons. The SMILES string of the molecule is C=C(/C=C/c1cccc(CCC)c1)c1ccccc1C.C=C(C)/C=C(/C)CC.CC.CCCC. The Morgan fingerprint density at radius 3 is 1.91 bits per heavy atom. The zero-order valence-electron chi connectivity index (χ0n) is 23.8. The van der Waals surface area contributed by atoms with E-state index in [0.717, 1.165) is 24.0 Å². The molecule has 0 fully saturated rings. The zero-order valence-corrected chi connectivity index (χ0v) is 23.8. The fourth-order valence-electron chi connectivity index (χ4n) is 2.88. The van der Waals surface area contributed by atoms with Crippen molar-refractivity contribution in [1.82, 2.24) is 0 Å². The number of unbranched alkanes of at least 4 members (excludes halogenated alkanes) is 1. The molecule has 0 saturated heterocycles. The molecule has 0 heterocycles. The van der Waals surface area contributed by atoms with E-state index in [1.165, 1.54) is 47.1 Å². The van der Waals surface area contributed by atoms with Gasteiger partial charge in [-0.3, -0.25) is 0 Å². The number of rotatable bonds is 8. The summed E-state index contributed by atoms with van der Waals surface area (Å²) in [6.07, 6.45) is 12.5. The maximum atomic E-state index is 4.17. The van der Waals surface area contributed by atoms with Gasteiger partial charge in [0.1, 0.15) is 0 Å². The summed E-state index contributed by atoms with van der Waals surface area (Å²) in [6, 6.07) is 17.1. The zero-order chi connectivity index (χ0) is 26.4. The molecule has 0 aliphatic heterocycles. The van der Waals surface area contributed by atoms with Crippen LogP contribution in [0.4, 0.5) is 0 Å². The third kappa shape index (κ3) is 17.0. The summed E-state index contributed by atoms with van der Waals surface area (Å²) in [5.74, 6) is 0. The highest BCUT2D eigenvalue weighted by molar-refractivity contribution is 5.78. The Balaban J connectivity index is 0. The summed E-state index contributed by atoms with van der Waals surface area (Å²) in [4.78, 5) is 0. The molecule has 34 heavy (non-hydrogen) atoms. The molecule has 2 rings (SSSR count). The fraction of sp³-hybridized carbons (Fsp3) is 0.412. The van der Waals surface area contributed by atoms with Gasteiger partial charge in [0.05, 0.1) is 0 Å². The van der Waals surface area contributed by atoms with Gasteiger partial charge in [-0.25, -0.2) is 0 Å². The lowest BCUT2D eigenvalue weighted by Crippen LogP contribution is -1.85. The second-order valence-electron chi connectivity index (χ2n) is 8.36. The van der Waals surface area contributed by atoms with Crippen molar-refractivity contribution in [3.05, 3.63) is 107 Å². The average Bonchev–Trinajstić information content (AvgIpc) is 2.84.